The van der Waals surface area contributed by atoms with Gasteiger partial charge >= 0.3 is 0 Å². The number of hydrogen-bond donors (Lipinski definition) is 0. The molecule has 1 aromatic heterocycles. The van der Waals surface area contributed by atoms with Crippen molar-refractivity contribution in [2.24, 2.45) is 0 Å². The molecule has 6 heteroatoms. The number of likely N-dealkylation sites (N-methyl/N-ethyl adjacent to an activating group) is 1. The van der Waals surface area contributed by atoms with E-state index in [9.17, 15) is 4.79 Å². The SMILES string of the molecule is CCN1CCN(C(=O)Cc2sc(-c3ccccc3OC)nc2C)CC1. The van der Waals surface area contributed by atoms with Crippen LogP contribution < -0.4 is 4.74 Å². The number of benzene rings is 1. The number of para-hydroxylation sites is 1. The number of aryl methyl sites for hydroxylation is 1. The van der Waals surface area contributed by atoms with E-state index in [4.69, 9.17) is 4.74 Å². The molecule has 25 heavy (non-hydrogen) atoms. The van der Waals surface area contributed by atoms with E-state index in [1.165, 1.54) is 0 Å². The molecule has 1 saturated heterocycles. The van der Waals surface area contributed by atoms with Gasteiger partial charge in [-0.3, -0.25) is 4.79 Å². The summed E-state index contributed by atoms with van der Waals surface area (Å²) in [5.74, 6) is 1.01. The molecule has 0 N–H and O–H groups in total. The monoisotopic (exact) mass is 359 g/mol. The summed E-state index contributed by atoms with van der Waals surface area (Å²) in [5.41, 5.74) is 1.92. The van der Waals surface area contributed by atoms with Gasteiger partial charge in [0.2, 0.25) is 5.91 Å². The van der Waals surface area contributed by atoms with E-state index in [1.54, 1.807) is 18.4 Å². The molecule has 1 amide bonds. The van der Waals surface area contributed by atoms with Crippen LogP contribution in [0.2, 0.25) is 0 Å². The summed E-state index contributed by atoms with van der Waals surface area (Å²) in [6.07, 6.45) is 0.435. The van der Waals surface area contributed by atoms with Crippen LogP contribution in [0.4, 0.5) is 0 Å². The second-order valence-corrected chi connectivity index (χ2v) is 7.30. The topological polar surface area (TPSA) is 45.7 Å². The third-order valence-corrected chi connectivity index (χ3v) is 5.90. The predicted molar refractivity (Wildman–Crippen MR) is 101 cm³/mol. The second-order valence-electron chi connectivity index (χ2n) is 6.22. The first-order valence-corrected chi connectivity index (χ1v) is 9.53. The number of nitrogens with zero attached hydrogens (tertiary/aromatic N) is 3. The molecule has 1 aliphatic rings. The molecule has 1 fully saturated rings. The molecule has 1 aliphatic heterocycles. The summed E-state index contributed by atoms with van der Waals surface area (Å²) in [6, 6.07) is 7.87. The minimum atomic E-state index is 0.203. The number of ether oxygens (including phenoxy) is 1. The minimum Gasteiger partial charge on any atom is -0.496 e. The Labute approximate surface area is 153 Å². The summed E-state index contributed by atoms with van der Waals surface area (Å²) in [6.45, 7) is 8.78. The normalized spacial score (nSPS) is 15.4. The maximum Gasteiger partial charge on any atom is 0.227 e. The fourth-order valence-electron chi connectivity index (χ4n) is 3.09. The van der Waals surface area contributed by atoms with E-state index in [-0.39, 0.29) is 5.91 Å². The van der Waals surface area contributed by atoms with Crippen LogP contribution in [0.3, 0.4) is 0 Å². The number of hydrogen-bond acceptors (Lipinski definition) is 5. The molecule has 0 saturated carbocycles. The Balaban J connectivity index is 1.72. The van der Waals surface area contributed by atoms with Crippen LogP contribution in [0.25, 0.3) is 10.6 Å². The summed E-state index contributed by atoms with van der Waals surface area (Å²) in [5, 5.41) is 0.911. The Kier molecular flexibility index (Phi) is 5.71. The Morgan fingerprint density at radius 3 is 2.64 bits per heavy atom. The first-order chi connectivity index (χ1) is 12.1. The third kappa shape index (κ3) is 4.02. The van der Waals surface area contributed by atoms with Gasteiger partial charge in [-0.2, -0.15) is 0 Å². The van der Waals surface area contributed by atoms with Gasteiger partial charge in [-0.05, 0) is 25.6 Å². The standard InChI is InChI=1S/C19H25N3O2S/c1-4-21-9-11-22(12-10-21)18(23)13-17-14(2)20-19(25-17)15-7-5-6-8-16(15)24-3/h5-8H,4,9-13H2,1-3H3. The number of rotatable bonds is 5. The van der Waals surface area contributed by atoms with Crippen molar-refractivity contribution in [3.05, 3.63) is 34.8 Å². The van der Waals surface area contributed by atoms with Crippen molar-refractivity contribution in [1.82, 2.24) is 14.8 Å². The molecule has 2 heterocycles. The van der Waals surface area contributed by atoms with E-state index in [0.29, 0.717) is 6.42 Å². The third-order valence-electron chi connectivity index (χ3n) is 4.71. The van der Waals surface area contributed by atoms with Crippen LogP contribution in [-0.2, 0) is 11.2 Å². The highest BCUT2D eigenvalue weighted by atomic mass is 32.1. The van der Waals surface area contributed by atoms with Crippen molar-refractivity contribution in [1.29, 1.82) is 0 Å². The molecule has 0 atom stereocenters. The summed E-state index contributed by atoms with van der Waals surface area (Å²) in [4.78, 5) is 22.7. The largest absolute Gasteiger partial charge is 0.496 e. The van der Waals surface area contributed by atoms with E-state index in [2.05, 4.69) is 16.8 Å². The lowest BCUT2D eigenvalue weighted by Crippen LogP contribution is -2.48. The van der Waals surface area contributed by atoms with Crippen molar-refractivity contribution in [2.45, 2.75) is 20.3 Å². The van der Waals surface area contributed by atoms with Crippen LogP contribution in [0.15, 0.2) is 24.3 Å². The number of piperazine rings is 1. The molecule has 1 aromatic carbocycles. The molecule has 2 aromatic rings. The molecule has 0 aliphatic carbocycles. The lowest BCUT2D eigenvalue weighted by molar-refractivity contribution is -0.132. The Bertz CT molecular complexity index is 736. The van der Waals surface area contributed by atoms with Gasteiger partial charge in [0.25, 0.3) is 0 Å². The summed E-state index contributed by atoms with van der Waals surface area (Å²) in [7, 11) is 1.67. The highest BCUT2D eigenvalue weighted by Crippen LogP contribution is 2.34. The lowest BCUT2D eigenvalue weighted by atomic mass is 10.2. The quantitative estimate of drug-likeness (QED) is 0.824. The number of methoxy groups -OCH3 is 1. The molecule has 0 spiro atoms. The molecule has 134 valence electrons. The van der Waals surface area contributed by atoms with Crippen LogP contribution >= 0.6 is 11.3 Å². The van der Waals surface area contributed by atoms with Crippen molar-refractivity contribution in [3.63, 3.8) is 0 Å². The maximum absolute atomic E-state index is 12.6. The van der Waals surface area contributed by atoms with Gasteiger partial charge in [0.05, 0.1) is 24.8 Å². The Morgan fingerprint density at radius 2 is 1.96 bits per heavy atom. The number of thiazole rings is 1. The maximum atomic E-state index is 12.6. The number of carbonyl (C=O) groups is 1. The molecular weight excluding hydrogens is 334 g/mol. The van der Waals surface area contributed by atoms with E-state index in [0.717, 1.165) is 59.6 Å². The molecule has 0 bridgehead atoms. The first-order valence-electron chi connectivity index (χ1n) is 8.72. The zero-order chi connectivity index (χ0) is 17.8. The average molecular weight is 359 g/mol. The van der Waals surface area contributed by atoms with Crippen molar-refractivity contribution < 1.29 is 9.53 Å². The minimum absolute atomic E-state index is 0.203. The lowest BCUT2D eigenvalue weighted by Gasteiger charge is -2.34. The van der Waals surface area contributed by atoms with Crippen LogP contribution in [-0.4, -0.2) is 60.5 Å². The smallest absolute Gasteiger partial charge is 0.227 e. The van der Waals surface area contributed by atoms with Gasteiger partial charge < -0.3 is 14.5 Å². The number of amides is 1. The second kappa shape index (κ2) is 7.97. The van der Waals surface area contributed by atoms with Gasteiger partial charge in [0.1, 0.15) is 10.8 Å². The number of carbonyl (C=O) groups excluding carboxylic acids is 1. The van der Waals surface area contributed by atoms with Crippen molar-refractivity contribution >= 4 is 17.2 Å². The van der Waals surface area contributed by atoms with Gasteiger partial charge in [0.15, 0.2) is 0 Å². The van der Waals surface area contributed by atoms with Crippen molar-refractivity contribution in [3.8, 4) is 16.3 Å². The van der Waals surface area contributed by atoms with E-state index >= 15 is 0 Å². The molecule has 5 nitrogen and oxygen atoms in total. The first kappa shape index (κ1) is 17.9. The molecule has 3 rings (SSSR count). The highest BCUT2D eigenvalue weighted by Gasteiger charge is 2.22. The number of aromatic nitrogens is 1. The van der Waals surface area contributed by atoms with E-state index in [1.807, 2.05) is 36.1 Å². The molecule has 0 unspecified atom stereocenters. The fraction of sp³-hybridized carbons (Fsp3) is 0.474. The van der Waals surface area contributed by atoms with Gasteiger partial charge in [-0.15, -0.1) is 11.3 Å². The van der Waals surface area contributed by atoms with Gasteiger partial charge in [-0.1, -0.05) is 19.1 Å². The fourth-order valence-corrected chi connectivity index (χ4v) is 4.17. The summed E-state index contributed by atoms with van der Waals surface area (Å²) < 4.78 is 5.43. The Hall–Kier alpha value is -1.92. The van der Waals surface area contributed by atoms with Crippen LogP contribution in [0.1, 0.15) is 17.5 Å². The van der Waals surface area contributed by atoms with Crippen molar-refractivity contribution in [2.75, 3.05) is 39.8 Å². The molecular formula is C19H25N3O2S. The zero-order valence-electron chi connectivity index (χ0n) is 15.1. The van der Waals surface area contributed by atoms with Crippen LogP contribution in [0.5, 0.6) is 5.75 Å². The molecule has 0 radical (unpaired) electrons. The Morgan fingerprint density at radius 1 is 1.24 bits per heavy atom. The summed E-state index contributed by atoms with van der Waals surface area (Å²) >= 11 is 1.59. The zero-order valence-corrected chi connectivity index (χ0v) is 15.9. The average Bonchev–Trinajstić information content (AvgIpc) is 3.02. The van der Waals surface area contributed by atoms with Gasteiger partial charge in [0, 0.05) is 31.1 Å². The van der Waals surface area contributed by atoms with Crippen LogP contribution in [0, 0.1) is 6.92 Å². The highest BCUT2D eigenvalue weighted by molar-refractivity contribution is 7.15. The predicted octanol–water partition coefficient (Wildman–Crippen LogP) is 2.83. The van der Waals surface area contributed by atoms with Gasteiger partial charge in [-0.25, -0.2) is 4.98 Å². The van der Waals surface area contributed by atoms with E-state index < -0.39 is 0 Å².